The molecule has 3 rings (SSSR count). The van der Waals surface area contributed by atoms with Crippen LogP contribution in [-0.4, -0.2) is 11.9 Å². The maximum Gasteiger partial charge on any atom is 0.337 e. The first-order valence-electron chi connectivity index (χ1n) is 8.41. The summed E-state index contributed by atoms with van der Waals surface area (Å²) < 4.78 is 0. The zero-order valence-corrected chi connectivity index (χ0v) is 15.5. The average molecular weight is 390 g/mol. The van der Waals surface area contributed by atoms with Gasteiger partial charge in [0.1, 0.15) is 0 Å². The van der Waals surface area contributed by atoms with E-state index in [9.17, 15) is 9.59 Å². The molecular formula is C22H16ClN3O2. The lowest BCUT2D eigenvalue weighted by molar-refractivity contribution is 0.0938. The van der Waals surface area contributed by atoms with Gasteiger partial charge in [-0.3, -0.25) is 10.2 Å². The number of halogens is 1. The van der Waals surface area contributed by atoms with Gasteiger partial charge in [-0.05, 0) is 42.5 Å². The van der Waals surface area contributed by atoms with Gasteiger partial charge >= 0.3 is 6.03 Å². The number of carbonyl (C=O) groups is 2. The molecule has 0 aromatic heterocycles. The molecule has 3 aromatic carbocycles. The molecule has 0 aliphatic carbocycles. The van der Waals surface area contributed by atoms with E-state index in [-0.39, 0.29) is 5.56 Å². The topological polar surface area (TPSA) is 70.2 Å². The molecule has 0 unspecified atom stereocenters. The van der Waals surface area contributed by atoms with Gasteiger partial charge in [-0.15, -0.1) is 0 Å². The normalized spacial score (nSPS) is 9.61. The molecule has 5 nitrogen and oxygen atoms in total. The number of carbonyl (C=O) groups excluding carboxylic acids is 2. The zero-order valence-electron chi connectivity index (χ0n) is 14.7. The molecule has 3 aromatic rings. The predicted molar refractivity (Wildman–Crippen MR) is 110 cm³/mol. The first kappa shape index (κ1) is 19.0. The van der Waals surface area contributed by atoms with Crippen LogP contribution in [0, 0.1) is 11.8 Å². The van der Waals surface area contributed by atoms with Gasteiger partial charge in [0.15, 0.2) is 0 Å². The zero-order chi connectivity index (χ0) is 19.8. The van der Waals surface area contributed by atoms with Crippen LogP contribution in [0.1, 0.15) is 21.5 Å². The van der Waals surface area contributed by atoms with Gasteiger partial charge in [-0.1, -0.05) is 59.8 Å². The largest absolute Gasteiger partial charge is 0.337 e. The Balaban J connectivity index is 1.58. The molecule has 138 valence electrons. The molecule has 0 heterocycles. The highest BCUT2D eigenvalue weighted by atomic mass is 35.5. The molecule has 0 saturated carbocycles. The minimum absolute atomic E-state index is 0.266. The predicted octanol–water partition coefficient (Wildman–Crippen LogP) is 4.21. The van der Waals surface area contributed by atoms with Gasteiger partial charge in [-0.25, -0.2) is 10.2 Å². The third-order valence-electron chi connectivity index (χ3n) is 3.65. The summed E-state index contributed by atoms with van der Waals surface area (Å²) in [5.74, 6) is 5.59. The number of anilines is 1. The van der Waals surface area contributed by atoms with E-state index in [4.69, 9.17) is 11.6 Å². The van der Waals surface area contributed by atoms with E-state index in [2.05, 4.69) is 28.0 Å². The van der Waals surface area contributed by atoms with Crippen LogP contribution >= 0.6 is 11.6 Å². The maximum absolute atomic E-state index is 12.0. The highest BCUT2D eigenvalue weighted by Gasteiger charge is 2.10. The molecule has 0 spiro atoms. The van der Waals surface area contributed by atoms with E-state index in [1.807, 2.05) is 36.4 Å². The Kier molecular flexibility index (Phi) is 6.29. The lowest BCUT2D eigenvalue weighted by Crippen LogP contribution is -2.44. The minimum atomic E-state index is -0.589. The van der Waals surface area contributed by atoms with E-state index >= 15 is 0 Å². The van der Waals surface area contributed by atoms with Crippen LogP contribution in [0.4, 0.5) is 10.5 Å². The van der Waals surface area contributed by atoms with Crippen molar-refractivity contribution in [3.63, 3.8) is 0 Å². The first-order valence-corrected chi connectivity index (χ1v) is 8.78. The van der Waals surface area contributed by atoms with Crippen LogP contribution in [0.15, 0.2) is 78.9 Å². The van der Waals surface area contributed by atoms with E-state index < -0.39 is 11.9 Å². The number of amides is 3. The second-order valence-electron chi connectivity index (χ2n) is 5.71. The Hall–Kier alpha value is -3.75. The summed E-state index contributed by atoms with van der Waals surface area (Å²) in [6, 6.07) is 22.7. The van der Waals surface area contributed by atoms with E-state index in [0.717, 1.165) is 11.1 Å². The third-order valence-corrected chi connectivity index (χ3v) is 3.98. The van der Waals surface area contributed by atoms with Crippen LogP contribution in [0.2, 0.25) is 5.02 Å². The molecule has 0 fully saturated rings. The Labute approximate surface area is 167 Å². The second-order valence-corrected chi connectivity index (χ2v) is 6.12. The SMILES string of the molecule is O=C(NNC(=O)c1ccccc1Cl)Nc1cccc(C#Cc2ccccc2)c1. The van der Waals surface area contributed by atoms with Crippen molar-refractivity contribution in [3.8, 4) is 11.8 Å². The monoisotopic (exact) mass is 389 g/mol. The Morgan fingerprint density at radius 2 is 1.43 bits per heavy atom. The fraction of sp³-hybridized carbons (Fsp3) is 0. The van der Waals surface area contributed by atoms with Crippen molar-refractivity contribution >= 4 is 29.2 Å². The maximum atomic E-state index is 12.0. The Morgan fingerprint density at radius 3 is 2.21 bits per heavy atom. The smallest absolute Gasteiger partial charge is 0.307 e. The van der Waals surface area contributed by atoms with E-state index in [1.54, 1.807) is 42.5 Å². The van der Waals surface area contributed by atoms with E-state index in [1.165, 1.54) is 0 Å². The molecule has 28 heavy (non-hydrogen) atoms. The summed E-state index contributed by atoms with van der Waals surface area (Å²) >= 11 is 5.95. The number of benzene rings is 3. The quantitative estimate of drug-likeness (QED) is 0.454. The number of hydrogen-bond acceptors (Lipinski definition) is 2. The fourth-order valence-electron chi connectivity index (χ4n) is 2.33. The summed E-state index contributed by atoms with van der Waals surface area (Å²) in [7, 11) is 0. The Morgan fingerprint density at radius 1 is 0.750 bits per heavy atom. The molecular weight excluding hydrogens is 374 g/mol. The standard InChI is InChI=1S/C22H16ClN3O2/c23-20-12-5-4-11-19(20)21(27)25-26-22(28)24-18-10-6-9-17(15-18)14-13-16-7-2-1-3-8-16/h1-12,15H,(H,25,27)(H2,24,26,28). The van der Waals surface area contributed by atoms with Crippen molar-refractivity contribution in [2.45, 2.75) is 0 Å². The van der Waals surface area contributed by atoms with Crippen molar-refractivity contribution in [1.29, 1.82) is 0 Å². The average Bonchev–Trinajstić information content (AvgIpc) is 2.72. The van der Waals surface area contributed by atoms with Crippen molar-refractivity contribution in [3.05, 3.63) is 101 Å². The van der Waals surface area contributed by atoms with Gasteiger partial charge in [-0.2, -0.15) is 0 Å². The number of nitrogens with one attached hydrogen (secondary N) is 3. The van der Waals surface area contributed by atoms with Crippen LogP contribution in [-0.2, 0) is 0 Å². The summed E-state index contributed by atoms with van der Waals surface area (Å²) in [6.07, 6.45) is 0. The van der Waals surface area contributed by atoms with Gasteiger partial charge < -0.3 is 5.32 Å². The van der Waals surface area contributed by atoms with Gasteiger partial charge in [0.2, 0.25) is 0 Å². The molecule has 0 radical (unpaired) electrons. The molecule has 3 N–H and O–H groups in total. The lowest BCUT2D eigenvalue weighted by atomic mass is 10.1. The van der Waals surface area contributed by atoms with E-state index in [0.29, 0.717) is 10.7 Å². The van der Waals surface area contributed by atoms with Gasteiger partial charge in [0.25, 0.3) is 5.91 Å². The summed E-state index contributed by atoms with van der Waals surface area (Å²) in [6.45, 7) is 0. The van der Waals surface area contributed by atoms with Crippen LogP contribution < -0.4 is 16.2 Å². The third kappa shape index (κ3) is 5.37. The van der Waals surface area contributed by atoms with Crippen LogP contribution in [0.25, 0.3) is 0 Å². The highest BCUT2D eigenvalue weighted by molar-refractivity contribution is 6.33. The number of rotatable bonds is 2. The molecule has 0 saturated heterocycles. The molecule has 6 heteroatoms. The molecule has 0 bridgehead atoms. The molecule has 0 atom stereocenters. The second kappa shape index (κ2) is 9.26. The van der Waals surface area contributed by atoms with Gasteiger partial charge in [0, 0.05) is 16.8 Å². The highest BCUT2D eigenvalue weighted by Crippen LogP contribution is 2.14. The number of hydrazine groups is 1. The Bertz CT molecular complexity index is 1060. The van der Waals surface area contributed by atoms with Crippen molar-refractivity contribution in [2.75, 3.05) is 5.32 Å². The molecule has 0 aliphatic rings. The minimum Gasteiger partial charge on any atom is -0.307 e. The van der Waals surface area contributed by atoms with Crippen molar-refractivity contribution in [2.24, 2.45) is 0 Å². The molecule has 3 amide bonds. The van der Waals surface area contributed by atoms with Gasteiger partial charge in [0.05, 0.1) is 10.6 Å². The van der Waals surface area contributed by atoms with Crippen molar-refractivity contribution < 1.29 is 9.59 Å². The summed E-state index contributed by atoms with van der Waals surface area (Å²) in [5, 5.41) is 2.93. The summed E-state index contributed by atoms with van der Waals surface area (Å²) in [5.41, 5.74) is 7.06. The van der Waals surface area contributed by atoms with Crippen molar-refractivity contribution in [1.82, 2.24) is 10.9 Å². The number of urea groups is 1. The molecule has 0 aliphatic heterocycles. The van der Waals surface area contributed by atoms with Crippen LogP contribution in [0.5, 0.6) is 0 Å². The van der Waals surface area contributed by atoms with Crippen LogP contribution in [0.3, 0.4) is 0 Å². The summed E-state index contributed by atoms with van der Waals surface area (Å²) in [4.78, 5) is 24.1. The fourth-order valence-corrected chi connectivity index (χ4v) is 2.55. The lowest BCUT2D eigenvalue weighted by Gasteiger charge is -2.10. The number of hydrogen-bond donors (Lipinski definition) is 3. The first-order chi connectivity index (χ1) is 13.6.